The Morgan fingerprint density at radius 3 is 3.00 bits per heavy atom. The SMILES string of the molecule is CC(C)Cn1cc(C(=O)OCC2CCC(C)O2)cn1. The monoisotopic (exact) mass is 266 g/mol. The zero-order chi connectivity index (χ0) is 13.8. The maximum atomic E-state index is 11.9. The van der Waals surface area contributed by atoms with Gasteiger partial charge in [0.2, 0.25) is 0 Å². The first-order valence-electron chi connectivity index (χ1n) is 6.89. The molecule has 0 amide bonds. The lowest BCUT2D eigenvalue weighted by Crippen LogP contribution is -2.18. The third kappa shape index (κ3) is 4.06. The van der Waals surface area contributed by atoms with E-state index in [1.807, 2.05) is 6.92 Å². The van der Waals surface area contributed by atoms with Crippen LogP contribution in [0.1, 0.15) is 44.0 Å². The summed E-state index contributed by atoms with van der Waals surface area (Å²) in [7, 11) is 0. The van der Waals surface area contributed by atoms with Crippen molar-refractivity contribution in [2.45, 2.75) is 52.4 Å². The van der Waals surface area contributed by atoms with Gasteiger partial charge >= 0.3 is 5.97 Å². The van der Waals surface area contributed by atoms with E-state index < -0.39 is 0 Å². The molecule has 0 N–H and O–H groups in total. The first-order valence-corrected chi connectivity index (χ1v) is 6.89. The quantitative estimate of drug-likeness (QED) is 0.767. The van der Waals surface area contributed by atoms with Gasteiger partial charge in [-0.25, -0.2) is 4.79 Å². The molecule has 0 spiro atoms. The van der Waals surface area contributed by atoms with E-state index in [4.69, 9.17) is 9.47 Å². The van der Waals surface area contributed by atoms with Crippen molar-refractivity contribution in [2.24, 2.45) is 5.92 Å². The van der Waals surface area contributed by atoms with Crippen molar-refractivity contribution >= 4 is 5.97 Å². The van der Waals surface area contributed by atoms with Crippen LogP contribution in [0.3, 0.4) is 0 Å². The van der Waals surface area contributed by atoms with Crippen LogP contribution in [0.2, 0.25) is 0 Å². The van der Waals surface area contributed by atoms with E-state index in [9.17, 15) is 4.79 Å². The largest absolute Gasteiger partial charge is 0.459 e. The van der Waals surface area contributed by atoms with Crippen LogP contribution in [0.25, 0.3) is 0 Å². The first kappa shape index (κ1) is 14.1. The molecule has 1 aromatic rings. The Bertz CT molecular complexity index is 428. The maximum absolute atomic E-state index is 11.9. The van der Waals surface area contributed by atoms with E-state index in [0.29, 0.717) is 18.1 Å². The second-order valence-electron chi connectivity index (χ2n) is 5.59. The Kier molecular flexibility index (Phi) is 4.58. The summed E-state index contributed by atoms with van der Waals surface area (Å²) in [6.45, 7) is 7.39. The molecular weight excluding hydrogens is 244 g/mol. The number of esters is 1. The number of nitrogens with zero attached hydrogens (tertiary/aromatic N) is 2. The van der Waals surface area contributed by atoms with Gasteiger partial charge in [-0.3, -0.25) is 4.68 Å². The standard InChI is InChI=1S/C14H22N2O3/c1-10(2)7-16-8-12(6-15-16)14(17)18-9-13-5-4-11(3)19-13/h6,8,10-11,13H,4-5,7,9H2,1-3H3. The van der Waals surface area contributed by atoms with E-state index in [1.54, 1.807) is 17.1 Å². The fraction of sp³-hybridized carbons (Fsp3) is 0.714. The molecule has 1 aromatic heterocycles. The fourth-order valence-electron chi connectivity index (χ4n) is 2.20. The highest BCUT2D eigenvalue weighted by molar-refractivity contribution is 5.88. The van der Waals surface area contributed by atoms with Crippen LogP contribution in [0.15, 0.2) is 12.4 Å². The van der Waals surface area contributed by atoms with E-state index in [2.05, 4.69) is 18.9 Å². The molecule has 1 saturated heterocycles. The highest BCUT2D eigenvalue weighted by atomic mass is 16.6. The number of rotatable bonds is 5. The fourth-order valence-corrected chi connectivity index (χ4v) is 2.20. The summed E-state index contributed by atoms with van der Waals surface area (Å²) < 4.78 is 12.6. The normalized spacial score (nSPS) is 22.9. The summed E-state index contributed by atoms with van der Waals surface area (Å²) in [5, 5.41) is 4.15. The highest BCUT2D eigenvalue weighted by Crippen LogP contribution is 2.19. The Balaban J connectivity index is 1.81. The van der Waals surface area contributed by atoms with Gasteiger partial charge in [-0.1, -0.05) is 13.8 Å². The highest BCUT2D eigenvalue weighted by Gasteiger charge is 2.23. The van der Waals surface area contributed by atoms with Crippen LogP contribution in [0, 0.1) is 5.92 Å². The van der Waals surface area contributed by atoms with Crippen LogP contribution in [-0.4, -0.2) is 34.6 Å². The Morgan fingerprint density at radius 1 is 1.58 bits per heavy atom. The molecule has 106 valence electrons. The van der Waals surface area contributed by atoms with Crippen LogP contribution in [-0.2, 0) is 16.0 Å². The lowest BCUT2D eigenvalue weighted by Gasteiger charge is -2.10. The van der Waals surface area contributed by atoms with E-state index >= 15 is 0 Å². The van der Waals surface area contributed by atoms with Crippen molar-refractivity contribution in [1.82, 2.24) is 9.78 Å². The summed E-state index contributed by atoms with van der Waals surface area (Å²) in [5.74, 6) is 0.176. The molecule has 0 aliphatic carbocycles. The molecule has 2 heterocycles. The van der Waals surface area contributed by atoms with Gasteiger partial charge in [0.25, 0.3) is 0 Å². The Labute approximate surface area is 113 Å². The maximum Gasteiger partial charge on any atom is 0.341 e. The van der Waals surface area contributed by atoms with Crippen molar-refractivity contribution in [3.05, 3.63) is 18.0 Å². The minimum atomic E-state index is -0.321. The Hall–Kier alpha value is -1.36. The predicted octanol–water partition coefficient (Wildman–Crippen LogP) is 2.26. The Morgan fingerprint density at radius 2 is 2.37 bits per heavy atom. The van der Waals surface area contributed by atoms with E-state index in [0.717, 1.165) is 19.4 Å². The second-order valence-corrected chi connectivity index (χ2v) is 5.59. The van der Waals surface area contributed by atoms with Crippen molar-refractivity contribution in [3.8, 4) is 0 Å². The third-order valence-electron chi connectivity index (χ3n) is 3.14. The van der Waals surface area contributed by atoms with Crippen LogP contribution in [0.5, 0.6) is 0 Å². The minimum absolute atomic E-state index is 0.0460. The molecule has 2 unspecified atom stereocenters. The second kappa shape index (κ2) is 6.19. The van der Waals surface area contributed by atoms with Gasteiger partial charge in [0, 0.05) is 12.7 Å². The van der Waals surface area contributed by atoms with Gasteiger partial charge in [0.1, 0.15) is 6.61 Å². The number of carbonyl (C=O) groups is 1. The van der Waals surface area contributed by atoms with Crippen LogP contribution < -0.4 is 0 Å². The lowest BCUT2D eigenvalue weighted by molar-refractivity contribution is -0.00266. The molecule has 0 aromatic carbocycles. The topological polar surface area (TPSA) is 53.4 Å². The molecule has 5 nitrogen and oxygen atoms in total. The van der Waals surface area contributed by atoms with Crippen molar-refractivity contribution in [1.29, 1.82) is 0 Å². The predicted molar refractivity (Wildman–Crippen MR) is 70.9 cm³/mol. The third-order valence-corrected chi connectivity index (χ3v) is 3.14. The lowest BCUT2D eigenvalue weighted by atomic mass is 10.2. The molecule has 19 heavy (non-hydrogen) atoms. The molecule has 0 saturated carbocycles. The minimum Gasteiger partial charge on any atom is -0.459 e. The van der Waals surface area contributed by atoms with Crippen LogP contribution in [0.4, 0.5) is 0 Å². The number of ether oxygens (including phenoxy) is 2. The number of hydrogen-bond donors (Lipinski definition) is 0. The van der Waals surface area contributed by atoms with Gasteiger partial charge in [-0.15, -0.1) is 0 Å². The van der Waals surface area contributed by atoms with Gasteiger partial charge in [-0.2, -0.15) is 5.10 Å². The van der Waals surface area contributed by atoms with Gasteiger partial charge in [-0.05, 0) is 25.7 Å². The summed E-state index contributed by atoms with van der Waals surface area (Å²) in [6, 6.07) is 0. The van der Waals surface area contributed by atoms with Gasteiger partial charge in [0.05, 0.1) is 24.0 Å². The molecular formula is C14H22N2O3. The number of carbonyl (C=O) groups excluding carboxylic acids is 1. The van der Waals surface area contributed by atoms with Gasteiger partial charge in [0.15, 0.2) is 0 Å². The van der Waals surface area contributed by atoms with Crippen molar-refractivity contribution in [2.75, 3.05) is 6.61 Å². The molecule has 2 rings (SSSR count). The molecule has 1 fully saturated rings. The first-order chi connectivity index (χ1) is 9.04. The summed E-state index contributed by atoms with van der Waals surface area (Å²) in [5.41, 5.74) is 0.506. The van der Waals surface area contributed by atoms with E-state index in [-0.39, 0.29) is 18.2 Å². The smallest absolute Gasteiger partial charge is 0.341 e. The van der Waals surface area contributed by atoms with E-state index in [1.165, 1.54) is 0 Å². The molecule has 0 radical (unpaired) electrons. The van der Waals surface area contributed by atoms with Crippen molar-refractivity contribution in [3.63, 3.8) is 0 Å². The zero-order valence-corrected chi connectivity index (χ0v) is 11.8. The molecule has 2 atom stereocenters. The summed E-state index contributed by atoms with van der Waals surface area (Å²) in [4.78, 5) is 11.9. The number of hydrogen-bond acceptors (Lipinski definition) is 4. The molecule has 1 aliphatic rings. The molecule has 5 heteroatoms. The van der Waals surface area contributed by atoms with Crippen LogP contribution >= 0.6 is 0 Å². The van der Waals surface area contributed by atoms with Crippen molar-refractivity contribution < 1.29 is 14.3 Å². The molecule has 0 bridgehead atoms. The number of aromatic nitrogens is 2. The zero-order valence-electron chi connectivity index (χ0n) is 11.8. The average molecular weight is 266 g/mol. The molecule has 1 aliphatic heterocycles. The van der Waals surface area contributed by atoms with Gasteiger partial charge < -0.3 is 9.47 Å². The summed E-state index contributed by atoms with van der Waals surface area (Å²) in [6.07, 6.45) is 5.61. The summed E-state index contributed by atoms with van der Waals surface area (Å²) >= 11 is 0. The average Bonchev–Trinajstić information content (AvgIpc) is 2.95.